The van der Waals surface area contributed by atoms with Gasteiger partial charge in [0.05, 0.1) is 6.20 Å². The lowest BCUT2D eigenvalue weighted by Gasteiger charge is -2.11. The second kappa shape index (κ2) is 4.94. The lowest BCUT2D eigenvalue weighted by molar-refractivity contribution is -0.124. The Morgan fingerprint density at radius 3 is 2.44 bits per heavy atom. The van der Waals surface area contributed by atoms with Crippen LogP contribution >= 0.6 is 0 Å². The standard InChI is InChI=1S/C10H11FN2O5/c1-5(14)6(2)18-10(17)13-4-7(11)8(15)12(3)9(13)16/h4,6H,1-3H3. The second-order valence-electron chi connectivity index (χ2n) is 3.63. The summed E-state index contributed by atoms with van der Waals surface area (Å²) in [4.78, 5) is 45.0. The molecule has 0 amide bonds. The fourth-order valence-electron chi connectivity index (χ4n) is 1.05. The summed E-state index contributed by atoms with van der Waals surface area (Å²) in [6.45, 7) is 2.51. The highest BCUT2D eigenvalue weighted by Gasteiger charge is 2.19. The summed E-state index contributed by atoms with van der Waals surface area (Å²) >= 11 is 0. The predicted molar refractivity (Wildman–Crippen MR) is 57.9 cm³/mol. The summed E-state index contributed by atoms with van der Waals surface area (Å²) in [6, 6.07) is 0. The first-order chi connectivity index (χ1) is 8.25. The van der Waals surface area contributed by atoms with Gasteiger partial charge in [-0.2, -0.15) is 4.39 Å². The molecule has 0 aliphatic carbocycles. The van der Waals surface area contributed by atoms with Crippen molar-refractivity contribution in [1.82, 2.24) is 9.13 Å². The maximum Gasteiger partial charge on any atom is 0.423 e. The maximum absolute atomic E-state index is 13.1. The molecule has 0 spiro atoms. The maximum atomic E-state index is 13.1. The lowest BCUT2D eigenvalue weighted by atomic mass is 10.3. The topological polar surface area (TPSA) is 87.4 Å². The van der Waals surface area contributed by atoms with Gasteiger partial charge in [-0.05, 0) is 13.8 Å². The molecule has 1 aromatic heterocycles. The Hall–Kier alpha value is -2.25. The second-order valence-corrected chi connectivity index (χ2v) is 3.63. The van der Waals surface area contributed by atoms with Gasteiger partial charge >= 0.3 is 11.8 Å². The van der Waals surface area contributed by atoms with Gasteiger partial charge in [0.2, 0.25) is 5.82 Å². The Morgan fingerprint density at radius 2 is 1.94 bits per heavy atom. The Morgan fingerprint density at radius 1 is 1.39 bits per heavy atom. The van der Waals surface area contributed by atoms with Crippen LogP contribution in [0.3, 0.4) is 0 Å². The monoisotopic (exact) mass is 258 g/mol. The van der Waals surface area contributed by atoms with Gasteiger partial charge in [-0.3, -0.25) is 14.2 Å². The largest absolute Gasteiger partial charge is 0.438 e. The molecule has 0 saturated carbocycles. The molecule has 8 heteroatoms. The van der Waals surface area contributed by atoms with E-state index in [1.54, 1.807) is 0 Å². The van der Waals surface area contributed by atoms with Crippen molar-refractivity contribution in [2.45, 2.75) is 20.0 Å². The van der Waals surface area contributed by atoms with Crippen LogP contribution in [0.25, 0.3) is 0 Å². The van der Waals surface area contributed by atoms with E-state index >= 15 is 0 Å². The first-order valence-electron chi connectivity index (χ1n) is 4.95. The molecule has 1 aromatic rings. The third-order valence-corrected chi connectivity index (χ3v) is 2.29. The Bertz CT molecular complexity index is 616. The molecular formula is C10H11FN2O5. The van der Waals surface area contributed by atoms with Crippen LogP contribution in [0, 0.1) is 5.82 Å². The number of hydrogen-bond acceptors (Lipinski definition) is 5. The lowest BCUT2D eigenvalue weighted by Crippen LogP contribution is -2.43. The van der Waals surface area contributed by atoms with Crippen LogP contribution in [0.15, 0.2) is 15.8 Å². The normalized spacial score (nSPS) is 12.0. The Balaban J connectivity index is 3.20. The van der Waals surface area contributed by atoms with Gasteiger partial charge in [0.25, 0.3) is 5.56 Å². The van der Waals surface area contributed by atoms with Crippen LogP contribution in [-0.2, 0) is 16.6 Å². The minimum Gasteiger partial charge on any atom is -0.438 e. The van der Waals surface area contributed by atoms with E-state index in [1.165, 1.54) is 13.8 Å². The fourth-order valence-corrected chi connectivity index (χ4v) is 1.05. The van der Waals surface area contributed by atoms with Crippen LogP contribution in [0.2, 0.25) is 0 Å². The molecule has 0 aromatic carbocycles. The summed E-state index contributed by atoms with van der Waals surface area (Å²) in [5.41, 5.74) is -2.20. The highest BCUT2D eigenvalue weighted by Crippen LogP contribution is 1.96. The van der Waals surface area contributed by atoms with E-state index < -0.39 is 35.0 Å². The van der Waals surface area contributed by atoms with Crippen molar-refractivity contribution in [2.75, 3.05) is 0 Å². The zero-order valence-electron chi connectivity index (χ0n) is 9.97. The van der Waals surface area contributed by atoms with Gasteiger partial charge in [0, 0.05) is 7.05 Å². The highest BCUT2D eigenvalue weighted by molar-refractivity contribution is 5.83. The molecule has 0 fully saturated rings. The van der Waals surface area contributed by atoms with E-state index in [9.17, 15) is 23.6 Å². The number of halogens is 1. The van der Waals surface area contributed by atoms with Crippen molar-refractivity contribution in [3.63, 3.8) is 0 Å². The quantitative estimate of drug-likeness (QED) is 0.723. The van der Waals surface area contributed by atoms with Crippen LogP contribution in [-0.4, -0.2) is 27.1 Å². The zero-order chi connectivity index (χ0) is 14.0. The summed E-state index contributed by atoms with van der Waals surface area (Å²) < 4.78 is 18.4. The predicted octanol–water partition coefficient (Wildman–Crippen LogP) is -0.352. The molecule has 1 atom stereocenters. The summed E-state index contributed by atoms with van der Waals surface area (Å²) in [6.07, 6.45) is -1.86. The van der Waals surface area contributed by atoms with Crippen molar-refractivity contribution in [2.24, 2.45) is 7.05 Å². The number of carbonyl (C=O) groups excluding carboxylic acids is 2. The number of Topliss-reactive ketones (excluding diaryl/α,β-unsaturated/α-hetero) is 1. The number of ether oxygens (including phenoxy) is 1. The Kier molecular flexibility index (Phi) is 3.79. The van der Waals surface area contributed by atoms with Gasteiger partial charge in [-0.25, -0.2) is 14.2 Å². The summed E-state index contributed by atoms with van der Waals surface area (Å²) in [7, 11) is 1.02. The number of hydrogen-bond donors (Lipinski definition) is 0. The highest BCUT2D eigenvalue weighted by atomic mass is 19.1. The molecule has 0 aliphatic heterocycles. The molecule has 0 bridgehead atoms. The molecule has 98 valence electrons. The third kappa shape index (κ3) is 2.53. The van der Waals surface area contributed by atoms with E-state index in [1.807, 2.05) is 0 Å². The zero-order valence-corrected chi connectivity index (χ0v) is 9.97. The van der Waals surface area contributed by atoms with Gasteiger partial charge in [0.15, 0.2) is 11.9 Å². The number of rotatable bonds is 2. The number of aromatic nitrogens is 2. The van der Waals surface area contributed by atoms with Crippen molar-refractivity contribution < 1.29 is 18.7 Å². The van der Waals surface area contributed by atoms with Crippen molar-refractivity contribution in [3.8, 4) is 0 Å². The summed E-state index contributed by atoms with van der Waals surface area (Å²) in [5, 5.41) is 0. The van der Waals surface area contributed by atoms with Gasteiger partial charge < -0.3 is 4.74 Å². The molecule has 1 unspecified atom stereocenters. The van der Waals surface area contributed by atoms with Gasteiger partial charge in [0.1, 0.15) is 0 Å². The molecular weight excluding hydrogens is 247 g/mol. The minimum absolute atomic E-state index is 0.288. The van der Waals surface area contributed by atoms with Crippen LogP contribution < -0.4 is 11.2 Å². The average molecular weight is 258 g/mol. The van der Waals surface area contributed by atoms with Crippen molar-refractivity contribution in [1.29, 1.82) is 0 Å². The molecule has 7 nitrogen and oxygen atoms in total. The summed E-state index contributed by atoms with van der Waals surface area (Å²) in [5.74, 6) is -1.70. The molecule has 1 rings (SSSR count). The van der Waals surface area contributed by atoms with E-state index in [2.05, 4.69) is 4.74 Å². The molecule has 18 heavy (non-hydrogen) atoms. The van der Waals surface area contributed by atoms with Gasteiger partial charge in [-0.15, -0.1) is 0 Å². The fraction of sp³-hybridized carbons (Fsp3) is 0.400. The Labute approximate surface area is 100 Å². The van der Waals surface area contributed by atoms with E-state index in [-0.39, 0.29) is 4.57 Å². The van der Waals surface area contributed by atoms with Crippen LogP contribution in [0.4, 0.5) is 9.18 Å². The molecule has 1 heterocycles. The first kappa shape index (κ1) is 13.8. The van der Waals surface area contributed by atoms with Crippen LogP contribution in [0.5, 0.6) is 0 Å². The van der Waals surface area contributed by atoms with Gasteiger partial charge in [-0.1, -0.05) is 0 Å². The SMILES string of the molecule is CC(=O)C(C)OC(=O)n1cc(F)c(=O)n(C)c1=O. The van der Waals surface area contributed by atoms with Crippen molar-refractivity contribution in [3.05, 3.63) is 32.9 Å². The van der Waals surface area contributed by atoms with E-state index in [0.717, 1.165) is 7.05 Å². The van der Waals surface area contributed by atoms with Crippen molar-refractivity contribution >= 4 is 11.9 Å². The number of ketones is 1. The smallest absolute Gasteiger partial charge is 0.423 e. The van der Waals surface area contributed by atoms with Crippen LogP contribution in [0.1, 0.15) is 13.8 Å². The number of nitrogens with zero attached hydrogens (tertiary/aromatic N) is 2. The minimum atomic E-state index is -1.27. The molecule has 0 radical (unpaired) electrons. The molecule has 0 aliphatic rings. The average Bonchev–Trinajstić information content (AvgIpc) is 2.30. The molecule has 0 N–H and O–H groups in total. The van der Waals surface area contributed by atoms with E-state index in [0.29, 0.717) is 10.8 Å². The number of carbonyl (C=O) groups is 2. The van der Waals surface area contributed by atoms with E-state index in [4.69, 9.17) is 0 Å². The third-order valence-electron chi connectivity index (χ3n) is 2.29. The molecule has 0 saturated heterocycles. The first-order valence-corrected chi connectivity index (χ1v) is 4.95.